The second kappa shape index (κ2) is 7.50. The number of carbonyl (C=O) groups is 2. The topological polar surface area (TPSA) is 95.3 Å². The minimum absolute atomic E-state index is 0.104. The van der Waals surface area contributed by atoms with E-state index in [0.717, 1.165) is 0 Å². The second-order valence-corrected chi connectivity index (χ2v) is 4.68. The van der Waals surface area contributed by atoms with E-state index in [1.54, 1.807) is 31.2 Å². The van der Waals surface area contributed by atoms with Crippen LogP contribution in [0.5, 0.6) is 0 Å². The van der Waals surface area contributed by atoms with Crippen LogP contribution in [0.15, 0.2) is 30.5 Å². The summed E-state index contributed by atoms with van der Waals surface area (Å²) in [7, 11) is 1.27. The van der Waals surface area contributed by atoms with E-state index in [1.165, 1.54) is 18.0 Å². The Kier molecular flexibility index (Phi) is 5.42. The number of rotatable bonds is 6. The van der Waals surface area contributed by atoms with Gasteiger partial charge in [-0.15, -0.1) is 5.10 Å². The number of hydrogen-bond donors (Lipinski definition) is 1. The molecule has 2 aromatic rings. The van der Waals surface area contributed by atoms with Crippen molar-refractivity contribution in [2.45, 2.75) is 20.0 Å². The van der Waals surface area contributed by atoms with Crippen molar-refractivity contribution in [3.63, 3.8) is 0 Å². The second-order valence-electron chi connectivity index (χ2n) is 4.68. The predicted molar refractivity (Wildman–Crippen MR) is 82.4 cm³/mol. The Morgan fingerprint density at radius 1 is 1.39 bits per heavy atom. The number of benzene rings is 1. The van der Waals surface area contributed by atoms with Gasteiger partial charge in [-0.3, -0.25) is 4.79 Å². The van der Waals surface area contributed by atoms with Crippen molar-refractivity contribution in [3.8, 4) is 5.69 Å². The van der Waals surface area contributed by atoms with Crippen molar-refractivity contribution in [3.05, 3.63) is 36.2 Å². The Hall–Kier alpha value is -2.74. The van der Waals surface area contributed by atoms with Gasteiger partial charge in [-0.2, -0.15) is 0 Å². The molecule has 0 fully saturated rings. The van der Waals surface area contributed by atoms with E-state index in [2.05, 4.69) is 20.4 Å². The zero-order valence-electron chi connectivity index (χ0n) is 13.1. The summed E-state index contributed by atoms with van der Waals surface area (Å²) in [5, 5.41) is 10.4. The molecule has 0 unspecified atom stereocenters. The van der Waals surface area contributed by atoms with Gasteiger partial charge in [0, 0.05) is 12.3 Å². The van der Waals surface area contributed by atoms with Gasteiger partial charge in [0.25, 0.3) is 5.91 Å². The molecule has 23 heavy (non-hydrogen) atoms. The summed E-state index contributed by atoms with van der Waals surface area (Å²) in [5.74, 6) is -0.802. The van der Waals surface area contributed by atoms with Gasteiger partial charge in [0.05, 0.1) is 19.0 Å². The molecule has 1 amide bonds. The fourth-order valence-corrected chi connectivity index (χ4v) is 1.88. The van der Waals surface area contributed by atoms with E-state index in [-0.39, 0.29) is 11.6 Å². The summed E-state index contributed by atoms with van der Waals surface area (Å²) in [6, 6.07) is 7.00. The highest BCUT2D eigenvalue weighted by Gasteiger charge is 2.14. The molecule has 1 aromatic heterocycles. The first-order valence-corrected chi connectivity index (χ1v) is 7.08. The lowest BCUT2D eigenvalue weighted by Gasteiger charge is -2.12. The average Bonchev–Trinajstić information content (AvgIpc) is 3.04. The molecule has 0 aliphatic heterocycles. The lowest BCUT2D eigenvalue weighted by Crippen LogP contribution is -2.27. The minimum atomic E-state index is -0.564. The number of hydrogen-bond acceptors (Lipinski definition) is 6. The zero-order chi connectivity index (χ0) is 16.8. The molecular formula is C15H18N4O4. The van der Waals surface area contributed by atoms with Gasteiger partial charge in [-0.25, -0.2) is 9.48 Å². The van der Waals surface area contributed by atoms with E-state index in [1.807, 2.05) is 6.92 Å². The monoisotopic (exact) mass is 318 g/mol. The molecule has 1 aromatic carbocycles. The van der Waals surface area contributed by atoms with Crippen LogP contribution in [0.4, 0.5) is 5.69 Å². The third kappa shape index (κ3) is 4.13. The molecule has 122 valence electrons. The SMILES string of the molecule is CCO[C@H](C)C(=O)Nc1cccc(-n2cc(C(=O)OC)nn2)c1. The Morgan fingerprint density at radius 2 is 2.17 bits per heavy atom. The van der Waals surface area contributed by atoms with Gasteiger partial charge >= 0.3 is 5.97 Å². The number of ether oxygens (including phenoxy) is 2. The Bertz CT molecular complexity index is 698. The van der Waals surface area contributed by atoms with Gasteiger partial charge in [0.1, 0.15) is 6.10 Å². The van der Waals surface area contributed by atoms with Crippen LogP contribution in [-0.2, 0) is 14.3 Å². The van der Waals surface area contributed by atoms with E-state index in [0.29, 0.717) is 18.0 Å². The number of methoxy groups -OCH3 is 1. The molecule has 0 saturated carbocycles. The Morgan fingerprint density at radius 3 is 2.87 bits per heavy atom. The van der Waals surface area contributed by atoms with Crippen molar-refractivity contribution < 1.29 is 19.1 Å². The van der Waals surface area contributed by atoms with Crippen LogP contribution in [0.3, 0.4) is 0 Å². The van der Waals surface area contributed by atoms with Crippen LogP contribution in [0.2, 0.25) is 0 Å². The standard InChI is InChI=1S/C15H18N4O4/c1-4-23-10(2)14(20)16-11-6-5-7-12(8-11)19-9-13(17-18-19)15(21)22-3/h5-10H,4H2,1-3H3,(H,16,20)/t10-/m1/s1. The van der Waals surface area contributed by atoms with Crippen molar-refractivity contribution in [2.75, 3.05) is 19.0 Å². The summed E-state index contributed by atoms with van der Waals surface area (Å²) >= 11 is 0. The number of amides is 1. The highest BCUT2D eigenvalue weighted by molar-refractivity contribution is 5.94. The van der Waals surface area contributed by atoms with Crippen LogP contribution in [0.25, 0.3) is 5.69 Å². The van der Waals surface area contributed by atoms with Gasteiger partial charge in [-0.05, 0) is 32.0 Å². The predicted octanol–water partition coefficient (Wildman–Crippen LogP) is 1.42. The highest BCUT2D eigenvalue weighted by Crippen LogP contribution is 2.15. The maximum absolute atomic E-state index is 12.0. The normalized spacial score (nSPS) is 11.8. The number of nitrogens with one attached hydrogen (secondary N) is 1. The molecule has 1 atom stereocenters. The number of nitrogens with zero attached hydrogens (tertiary/aromatic N) is 3. The van der Waals surface area contributed by atoms with Crippen molar-refractivity contribution >= 4 is 17.6 Å². The Labute approximate surface area is 133 Å². The molecule has 2 rings (SSSR count). The molecule has 1 N–H and O–H groups in total. The minimum Gasteiger partial charge on any atom is -0.464 e. The quantitative estimate of drug-likeness (QED) is 0.809. The molecule has 1 heterocycles. The molecule has 0 aliphatic rings. The lowest BCUT2D eigenvalue weighted by atomic mass is 10.2. The van der Waals surface area contributed by atoms with E-state index in [4.69, 9.17) is 4.74 Å². The summed E-state index contributed by atoms with van der Waals surface area (Å²) in [4.78, 5) is 23.3. The number of carbonyl (C=O) groups excluding carboxylic acids is 2. The molecule has 0 aliphatic carbocycles. The van der Waals surface area contributed by atoms with Crippen LogP contribution in [0, 0.1) is 0 Å². The molecule has 8 heteroatoms. The first kappa shape index (κ1) is 16.6. The molecule has 8 nitrogen and oxygen atoms in total. The first-order valence-electron chi connectivity index (χ1n) is 7.08. The van der Waals surface area contributed by atoms with Crippen molar-refractivity contribution in [2.24, 2.45) is 0 Å². The van der Waals surface area contributed by atoms with Crippen LogP contribution < -0.4 is 5.32 Å². The number of anilines is 1. The summed E-state index contributed by atoms with van der Waals surface area (Å²) in [5.41, 5.74) is 1.34. The average molecular weight is 318 g/mol. The summed E-state index contributed by atoms with van der Waals surface area (Å²) in [6.07, 6.45) is 0.913. The molecule has 0 radical (unpaired) electrons. The van der Waals surface area contributed by atoms with E-state index < -0.39 is 12.1 Å². The summed E-state index contributed by atoms with van der Waals surface area (Å²) < 4.78 is 11.3. The molecule has 0 bridgehead atoms. The third-order valence-electron chi connectivity index (χ3n) is 3.05. The Balaban J connectivity index is 2.15. The fourth-order valence-electron chi connectivity index (χ4n) is 1.88. The first-order chi connectivity index (χ1) is 11.0. The third-order valence-corrected chi connectivity index (χ3v) is 3.05. The van der Waals surface area contributed by atoms with Gasteiger partial charge in [-0.1, -0.05) is 11.3 Å². The number of esters is 1. The van der Waals surface area contributed by atoms with Crippen LogP contribution >= 0.6 is 0 Å². The lowest BCUT2D eigenvalue weighted by molar-refractivity contribution is -0.126. The van der Waals surface area contributed by atoms with E-state index >= 15 is 0 Å². The van der Waals surface area contributed by atoms with Crippen LogP contribution in [0.1, 0.15) is 24.3 Å². The maximum Gasteiger partial charge on any atom is 0.360 e. The largest absolute Gasteiger partial charge is 0.464 e. The summed E-state index contributed by atoms with van der Waals surface area (Å²) in [6.45, 7) is 3.97. The molecule has 0 spiro atoms. The number of aromatic nitrogens is 3. The van der Waals surface area contributed by atoms with Crippen LogP contribution in [-0.4, -0.2) is 46.7 Å². The zero-order valence-corrected chi connectivity index (χ0v) is 13.1. The van der Waals surface area contributed by atoms with Gasteiger partial charge in [0.2, 0.25) is 0 Å². The van der Waals surface area contributed by atoms with Gasteiger partial charge in [0.15, 0.2) is 5.69 Å². The maximum atomic E-state index is 12.0. The fraction of sp³-hybridized carbons (Fsp3) is 0.333. The molecule has 0 saturated heterocycles. The molecular weight excluding hydrogens is 300 g/mol. The highest BCUT2D eigenvalue weighted by atomic mass is 16.5. The van der Waals surface area contributed by atoms with Crippen molar-refractivity contribution in [1.29, 1.82) is 0 Å². The van der Waals surface area contributed by atoms with Gasteiger partial charge < -0.3 is 14.8 Å². The van der Waals surface area contributed by atoms with Crippen molar-refractivity contribution in [1.82, 2.24) is 15.0 Å². The van der Waals surface area contributed by atoms with E-state index in [9.17, 15) is 9.59 Å². The smallest absolute Gasteiger partial charge is 0.360 e.